The first-order chi connectivity index (χ1) is 15.5. The highest BCUT2D eigenvalue weighted by atomic mass is 32.2. The Kier molecular flexibility index (Phi) is 5.18. The molecule has 0 radical (unpaired) electrons. The molecule has 32 heavy (non-hydrogen) atoms. The maximum atomic E-state index is 13.4. The second-order valence-electron chi connectivity index (χ2n) is 7.71. The molecule has 3 heterocycles. The quantitative estimate of drug-likeness (QED) is 0.582. The Labute approximate surface area is 185 Å². The van der Waals surface area contributed by atoms with Crippen molar-refractivity contribution in [2.75, 3.05) is 18.1 Å². The van der Waals surface area contributed by atoms with E-state index in [9.17, 15) is 13.2 Å². The summed E-state index contributed by atoms with van der Waals surface area (Å²) in [6.07, 6.45) is 1.24. The number of anilines is 1. The fraction of sp³-hybridized carbons (Fsp3) is 0.318. The maximum Gasteiger partial charge on any atom is 0.265 e. The lowest BCUT2D eigenvalue weighted by molar-refractivity contribution is -0.121. The van der Waals surface area contributed by atoms with Crippen LogP contribution in [0.25, 0.3) is 0 Å². The van der Waals surface area contributed by atoms with E-state index in [-0.39, 0.29) is 24.0 Å². The van der Waals surface area contributed by atoms with Gasteiger partial charge in [-0.25, -0.2) is 8.42 Å². The number of amides is 1. The molecular formula is C22H22N4O5S. The minimum atomic E-state index is -3.76. The number of nitrogens with zero attached hydrogens (tertiary/aromatic N) is 4. The molecule has 2 aliphatic heterocycles. The summed E-state index contributed by atoms with van der Waals surface area (Å²) in [4.78, 5) is 18.4. The van der Waals surface area contributed by atoms with E-state index in [1.54, 1.807) is 6.07 Å². The zero-order valence-corrected chi connectivity index (χ0v) is 18.3. The van der Waals surface area contributed by atoms with Gasteiger partial charge in [0.2, 0.25) is 15.9 Å². The summed E-state index contributed by atoms with van der Waals surface area (Å²) in [7, 11) is -3.76. The van der Waals surface area contributed by atoms with Crippen LogP contribution in [-0.2, 0) is 40.7 Å². The van der Waals surface area contributed by atoms with Crippen LogP contribution in [0.2, 0.25) is 0 Å². The summed E-state index contributed by atoms with van der Waals surface area (Å²) in [5.41, 5.74) is 2.55. The third-order valence-corrected chi connectivity index (χ3v) is 7.56. The third kappa shape index (κ3) is 3.65. The average Bonchev–Trinajstić information content (AvgIpc) is 3.28. The summed E-state index contributed by atoms with van der Waals surface area (Å²) in [5.74, 6) is 0.958. The summed E-state index contributed by atoms with van der Waals surface area (Å²) in [5, 5.41) is 3.91. The molecule has 2 aromatic carbocycles. The van der Waals surface area contributed by atoms with Crippen molar-refractivity contribution >= 4 is 21.6 Å². The molecule has 0 saturated heterocycles. The predicted octanol–water partition coefficient (Wildman–Crippen LogP) is 2.30. The first-order valence-electron chi connectivity index (χ1n) is 10.4. The van der Waals surface area contributed by atoms with Gasteiger partial charge in [0.1, 0.15) is 5.75 Å². The van der Waals surface area contributed by atoms with Crippen molar-refractivity contribution in [2.45, 2.75) is 37.8 Å². The summed E-state index contributed by atoms with van der Waals surface area (Å²) >= 11 is 0. The maximum absolute atomic E-state index is 13.4. The number of aryl methyl sites for hydroxylation is 1. The van der Waals surface area contributed by atoms with Gasteiger partial charge in [-0.3, -0.25) is 9.69 Å². The number of carbonyl (C=O) groups is 1. The van der Waals surface area contributed by atoms with Crippen molar-refractivity contribution in [2.24, 2.45) is 0 Å². The van der Waals surface area contributed by atoms with Crippen molar-refractivity contribution in [1.29, 1.82) is 0 Å². The summed E-state index contributed by atoms with van der Waals surface area (Å²) in [6.45, 7) is 2.54. The van der Waals surface area contributed by atoms with Gasteiger partial charge < -0.3 is 9.26 Å². The van der Waals surface area contributed by atoms with Gasteiger partial charge >= 0.3 is 0 Å². The molecule has 0 atom stereocenters. The van der Waals surface area contributed by atoms with Crippen LogP contribution in [-0.4, -0.2) is 41.9 Å². The molecule has 0 spiro atoms. The number of hydrogen-bond donors (Lipinski definition) is 0. The number of aromatic nitrogens is 2. The van der Waals surface area contributed by atoms with Crippen LogP contribution in [0.4, 0.5) is 5.69 Å². The molecule has 10 heteroatoms. The van der Waals surface area contributed by atoms with Gasteiger partial charge in [-0.2, -0.15) is 9.29 Å². The topological polar surface area (TPSA) is 106 Å². The second-order valence-corrected chi connectivity index (χ2v) is 9.65. The van der Waals surface area contributed by atoms with Crippen LogP contribution >= 0.6 is 0 Å². The van der Waals surface area contributed by atoms with E-state index in [2.05, 4.69) is 10.1 Å². The molecule has 0 bridgehead atoms. The van der Waals surface area contributed by atoms with Crippen molar-refractivity contribution in [1.82, 2.24) is 14.4 Å². The normalized spacial score (nSPS) is 16.4. The first kappa shape index (κ1) is 20.7. The molecule has 0 aliphatic carbocycles. The molecule has 0 fully saturated rings. The van der Waals surface area contributed by atoms with Crippen LogP contribution in [0.5, 0.6) is 5.75 Å². The van der Waals surface area contributed by atoms with Crippen LogP contribution in [0.3, 0.4) is 0 Å². The monoisotopic (exact) mass is 454 g/mol. The summed E-state index contributed by atoms with van der Waals surface area (Å²) in [6, 6.07) is 12.5. The van der Waals surface area contributed by atoms with Gasteiger partial charge in [-0.15, -0.1) is 0 Å². The zero-order valence-electron chi connectivity index (χ0n) is 17.5. The molecule has 0 unspecified atom stereocenters. The number of fused-ring (bicyclic) bond motifs is 2. The van der Waals surface area contributed by atoms with E-state index < -0.39 is 10.0 Å². The number of ether oxygens (including phenoxy) is 1. The number of benzene rings is 2. The predicted molar refractivity (Wildman–Crippen MR) is 115 cm³/mol. The van der Waals surface area contributed by atoms with Crippen molar-refractivity contribution in [3.05, 3.63) is 65.3 Å². The van der Waals surface area contributed by atoms with Gasteiger partial charge in [0, 0.05) is 19.5 Å². The lowest BCUT2D eigenvalue weighted by atomic mass is 10.0. The second kappa shape index (κ2) is 8.03. The number of hydrogen-bond acceptors (Lipinski definition) is 7. The van der Waals surface area contributed by atoms with E-state index in [1.165, 1.54) is 26.9 Å². The van der Waals surface area contributed by atoms with Gasteiger partial charge in [0.15, 0.2) is 12.4 Å². The fourth-order valence-electron chi connectivity index (χ4n) is 3.98. The molecular weight excluding hydrogens is 432 g/mol. The highest BCUT2D eigenvalue weighted by Crippen LogP contribution is 2.36. The van der Waals surface area contributed by atoms with Crippen LogP contribution in [0.1, 0.15) is 29.8 Å². The van der Waals surface area contributed by atoms with Gasteiger partial charge in [-0.1, -0.05) is 36.3 Å². The molecule has 1 aromatic heterocycles. The van der Waals surface area contributed by atoms with E-state index in [0.717, 1.165) is 5.56 Å². The van der Waals surface area contributed by atoms with Crippen molar-refractivity contribution in [3.8, 4) is 5.75 Å². The molecule has 2 aliphatic rings. The van der Waals surface area contributed by atoms with Crippen molar-refractivity contribution < 1.29 is 22.5 Å². The molecule has 3 aromatic rings. The highest BCUT2D eigenvalue weighted by molar-refractivity contribution is 7.89. The van der Waals surface area contributed by atoms with Crippen LogP contribution in [0.15, 0.2) is 51.9 Å². The highest BCUT2D eigenvalue weighted by Gasteiger charge is 2.32. The van der Waals surface area contributed by atoms with E-state index in [1.807, 2.05) is 31.2 Å². The molecule has 166 valence electrons. The molecule has 5 rings (SSSR count). The smallest absolute Gasteiger partial charge is 0.265 e. The Morgan fingerprint density at radius 3 is 2.72 bits per heavy atom. The molecule has 9 nitrogen and oxygen atoms in total. The third-order valence-electron chi connectivity index (χ3n) is 5.72. The van der Waals surface area contributed by atoms with Crippen LogP contribution in [0, 0.1) is 0 Å². The lowest BCUT2D eigenvalue weighted by Gasteiger charge is -2.30. The Morgan fingerprint density at radius 1 is 1.12 bits per heavy atom. The molecule has 1 amide bonds. The minimum absolute atomic E-state index is 0.0687. The molecule has 0 saturated carbocycles. The van der Waals surface area contributed by atoms with Crippen molar-refractivity contribution in [3.63, 3.8) is 0 Å². The average molecular weight is 455 g/mol. The Balaban J connectivity index is 1.46. The minimum Gasteiger partial charge on any atom is -0.482 e. The van der Waals surface area contributed by atoms with Crippen LogP contribution < -0.4 is 9.64 Å². The Bertz CT molecular complexity index is 1290. The fourth-order valence-corrected chi connectivity index (χ4v) is 5.42. The lowest BCUT2D eigenvalue weighted by Crippen LogP contribution is -2.39. The van der Waals surface area contributed by atoms with Gasteiger partial charge in [-0.05, 0) is 35.7 Å². The number of rotatable bonds is 5. The Hall–Kier alpha value is -3.24. The van der Waals surface area contributed by atoms with E-state index in [4.69, 9.17) is 9.26 Å². The van der Waals surface area contributed by atoms with Gasteiger partial charge in [0.25, 0.3) is 5.91 Å². The van der Waals surface area contributed by atoms with E-state index >= 15 is 0 Å². The standard InChI is InChI=1S/C22H22N4O5S/c1-2-21-23-20(24-31-21)13-26-18-11-17(7-8-19(18)30-14-22(26)27)32(28,29)25-10-9-15-5-3-4-6-16(15)12-25/h3-8,11H,2,9-10,12-14H2,1H3. The van der Waals surface area contributed by atoms with Gasteiger partial charge in [0.05, 0.1) is 17.1 Å². The SMILES string of the molecule is CCc1nc(CN2C(=O)COc3ccc(S(=O)(=O)N4CCc5ccccc5C4)cc32)no1. The molecule has 0 N–H and O–H groups in total. The van der Waals surface area contributed by atoms with E-state index in [0.29, 0.717) is 49.1 Å². The number of sulfonamides is 1. The zero-order chi connectivity index (χ0) is 22.3. The Morgan fingerprint density at radius 2 is 1.94 bits per heavy atom. The largest absolute Gasteiger partial charge is 0.482 e. The number of carbonyl (C=O) groups excluding carboxylic acids is 1. The first-order valence-corrected chi connectivity index (χ1v) is 11.9. The summed E-state index contributed by atoms with van der Waals surface area (Å²) < 4.78 is 39.0.